The molecule has 0 N–H and O–H groups in total. The maximum absolute atomic E-state index is 6.52. The molecule has 0 aromatic heterocycles. The average Bonchev–Trinajstić information content (AvgIpc) is 3.29. The fraction of sp³-hybridized carbons (Fsp3) is 0.207. The van der Waals surface area contributed by atoms with Crippen molar-refractivity contribution in [3.05, 3.63) is 113 Å². The van der Waals surface area contributed by atoms with Gasteiger partial charge in [0.15, 0.2) is 0 Å². The summed E-state index contributed by atoms with van der Waals surface area (Å²) >= 11 is 0. The first-order valence-electron chi connectivity index (χ1n) is 11.4. The van der Waals surface area contributed by atoms with E-state index in [2.05, 4.69) is 110 Å². The van der Waals surface area contributed by atoms with Gasteiger partial charge in [0.25, 0.3) is 0 Å². The molecule has 0 saturated carbocycles. The molecule has 32 heavy (non-hydrogen) atoms. The van der Waals surface area contributed by atoms with Crippen molar-refractivity contribution in [3.8, 4) is 5.75 Å². The number of rotatable bonds is 3. The number of hydrazone groups is 1. The first-order valence-corrected chi connectivity index (χ1v) is 11.4. The fourth-order valence-electron chi connectivity index (χ4n) is 4.94. The van der Waals surface area contributed by atoms with Crippen molar-refractivity contribution in [1.82, 2.24) is 5.01 Å². The van der Waals surface area contributed by atoms with Crippen LogP contribution >= 0.6 is 0 Å². The minimum atomic E-state index is -0.233. The molecule has 4 aromatic carbocycles. The lowest BCUT2D eigenvalue weighted by Crippen LogP contribution is -2.33. The van der Waals surface area contributed by atoms with Gasteiger partial charge in [0.2, 0.25) is 6.23 Å². The quantitative estimate of drug-likeness (QED) is 0.351. The van der Waals surface area contributed by atoms with E-state index in [1.165, 1.54) is 27.5 Å². The van der Waals surface area contributed by atoms with E-state index in [1.807, 2.05) is 0 Å². The predicted octanol–water partition coefficient (Wildman–Crippen LogP) is 7.21. The predicted molar refractivity (Wildman–Crippen MR) is 130 cm³/mol. The Morgan fingerprint density at radius 2 is 1.59 bits per heavy atom. The maximum atomic E-state index is 6.52. The van der Waals surface area contributed by atoms with Crippen LogP contribution in [-0.2, 0) is 0 Å². The largest absolute Gasteiger partial charge is 0.464 e. The van der Waals surface area contributed by atoms with Gasteiger partial charge in [-0.2, -0.15) is 5.10 Å². The second kappa shape index (κ2) is 7.52. The number of ether oxygens (including phenoxy) is 1. The topological polar surface area (TPSA) is 24.8 Å². The second-order valence-electron chi connectivity index (χ2n) is 9.00. The first kappa shape index (κ1) is 19.1. The molecule has 0 spiro atoms. The van der Waals surface area contributed by atoms with Gasteiger partial charge in [0.05, 0.1) is 11.8 Å². The highest BCUT2D eigenvalue weighted by atomic mass is 16.5. The lowest BCUT2D eigenvalue weighted by Gasteiger charge is -2.38. The Morgan fingerprint density at radius 3 is 2.44 bits per heavy atom. The summed E-state index contributed by atoms with van der Waals surface area (Å²) in [4.78, 5) is 0. The minimum absolute atomic E-state index is 0.170. The summed E-state index contributed by atoms with van der Waals surface area (Å²) in [5.74, 6) is 1.47. The summed E-state index contributed by atoms with van der Waals surface area (Å²) in [6.45, 7) is 4.44. The molecule has 3 heteroatoms. The zero-order chi connectivity index (χ0) is 21.7. The van der Waals surface area contributed by atoms with E-state index >= 15 is 0 Å². The Labute approximate surface area is 189 Å². The molecule has 6 rings (SSSR count). The zero-order valence-corrected chi connectivity index (χ0v) is 18.4. The summed E-state index contributed by atoms with van der Waals surface area (Å²) in [6.07, 6.45) is 0.637. The number of fused-ring (bicyclic) bond motifs is 4. The van der Waals surface area contributed by atoms with Gasteiger partial charge in [0, 0.05) is 23.1 Å². The van der Waals surface area contributed by atoms with Crippen LogP contribution in [-0.4, -0.2) is 10.7 Å². The summed E-state index contributed by atoms with van der Waals surface area (Å²) < 4.78 is 6.52. The van der Waals surface area contributed by atoms with Crippen molar-refractivity contribution in [2.45, 2.75) is 38.5 Å². The van der Waals surface area contributed by atoms with Gasteiger partial charge in [-0.05, 0) is 28.3 Å². The SMILES string of the molecule is CC(C)c1ccc([C@@H]2Oc3ccccc3[C@@H]3CC(c4cccc5ccccc45)=NN32)cc1. The molecule has 0 saturated heterocycles. The normalized spacial score (nSPS) is 19.5. The number of para-hydroxylation sites is 1. The third-order valence-corrected chi connectivity index (χ3v) is 6.69. The molecule has 2 aliphatic heterocycles. The standard InChI is InChI=1S/C29H26N2O/c1-19(2)20-14-16-22(17-15-20)29-31-27(25-11-5-6-13-28(25)32-29)18-26(30-31)24-12-7-9-21-8-3-4-10-23(21)24/h3-17,19,27,29H,18H2,1-2H3/t27-,29-/m0/s1. The van der Waals surface area contributed by atoms with E-state index in [0.717, 1.165) is 23.4 Å². The van der Waals surface area contributed by atoms with Gasteiger partial charge in [-0.25, -0.2) is 5.01 Å². The Kier molecular flexibility index (Phi) is 4.50. The number of hydrogen-bond donors (Lipinski definition) is 0. The van der Waals surface area contributed by atoms with Crippen LogP contribution in [0, 0.1) is 0 Å². The average molecular weight is 419 g/mol. The number of benzene rings is 4. The molecule has 0 bridgehead atoms. The van der Waals surface area contributed by atoms with Gasteiger partial charge in [-0.3, -0.25) is 0 Å². The molecule has 0 amide bonds. The highest BCUT2D eigenvalue weighted by Gasteiger charge is 2.41. The van der Waals surface area contributed by atoms with E-state index in [-0.39, 0.29) is 12.3 Å². The van der Waals surface area contributed by atoms with E-state index in [0.29, 0.717) is 5.92 Å². The summed E-state index contributed by atoms with van der Waals surface area (Å²) in [5, 5.41) is 9.84. The number of hydrogen-bond acceptors (Lipinski definition) is 3. The van der Waals surface area contributed by atoms with Gasteiger partial charge >= 0.3 is 0 Å². The second-order valence-corrected chi connectivity index (χ2v) is 9.00. The molecule has 0 unspecified atom stereocenters. The molecule has 158 valence electrons. The molecule has 0 fully saturated rings. The van der Waals surface area contributed by atoms with Gasteiger partial charge in [-0.1, -0.05) is 98.8 Å². The molecular formula is C29H26N2O. The highest BCUT2D eigenvalue weighted by Crippen LogP contribution is 2.47. The zero-order valence-electron chi connectivity index (χ0n) is 18.4. The summed E-state index contributed by atoms with van der Waals surface area (Å²) in [6, 6.07) is 32.4. The van der Waals surface area contributed by atoms with Crippen LogP contribution in [0.5, 0.6) is 5.75 Å². The third kappa shape index (κ3) is 3.08. The number of nitrogens with zero attached hydrogens (tertiary/aromatic N) is 2. The van der Waals surface area contributed by atoms with E-state index < -0.39 is 0 Å². The summed E-state index contributed by atoms with van der Waals surface area (Å²) in [5.41, 5.74) is 6.01. The Hall–Kier alpha value is -3.59. The monoisotopic (exact) mass is 418 g/mol. The molecule has 2 aliphatic rings. The van der Waals surface area contributed by atoms with Gasteiger partial charge in [0.1, 0.15) is 5.75 Å². The van der Waals surface area contributed by atoms with Crippen molar-refractivity contribution in [2.75, 3.05) is 0 Å². The van der Waals surface area contributed by atoms with Crippen LogP contribution in [0.25, 0.3) is 10.8 Å². The van der Waals surface area contributed by atoms with E-state index in [9.17, 15) is 0 Å². The summed E-state index contributed by atoms with van der Waals surface area (Å²) in [7, 11) is 0. The van der Waals surface area contributed by atoms with Crippen LogP contribution in [0.3, 0.4) is 0 Å². The van der Waals surface area contributed by atoms with Crippen LogP contribution in [0.1, 0.15) is 60.7 Å². The Morgan fingerprint density at radius 1 is 0.844 bits per heavy atom. The molecule has 0 aliphatic carbocycles. The van der Waals surface area contributed by atoms with Crippen LogP contribution in [0.15, 0.2) is 96.1 Å². The fourth-order valence-corrected chi connectivity index (χ4v) is 4.94. The van der Waals surface area contributed by atoms with Gasteiger partial charge in [-0.15, -0.1) is 0 Å². The molecule has 2 atom stereocenters. The first-order chi connectivity index (χ1) is 15.7. The van der Waals surface area contributed by atoms with E-state index in [1.54, 1.807) is 0 Å². The Bertz CT molecular complexity index is 1320. The molecule has 3 nitrogen and oxygen atoms in total. The third-order valence-electron chi connectivity index (χ3n) is 6.69. The highest BCUT2D eigenvalue weighted by molar-refractivity contribution is 6.11. The molecular weight excluding hydrogens is 392 g/mol. The molecule has 4 aromatic rings. The smallest absolute Gasteiger partial charge is 0.213 e. The van der Waals surface area contributed by atoms with Crippen molar-refractivity contribution in [1.29, 1.82) is 0 Å². The van der Waals surface area contributed by atoms with Crippen LogP contribution < -0.4 is 4.74 Å². The van der Waals surface area contributed by atoms with Gasteiger partial charge < -0.3 is 4.74 Å². The molecule has 0 radical (unpaired) electrons. The van der Waals surface area contributed by atoms with E-state index in [4.69, 9.17) is 9.84 Å². The van der Waals surface area contributed by atoms with Crippen LogP contribution in [0.4, 0.5) is 0 Å². The maximum Gasteiger partial charge on any atom is 0.213 e. The molecule has 2 heterocycles. The van der Waals surface area contributed by atoms with Crippen molar-refractivity contribution in [2.24, 2.45) is 5.10 Å². The van der Waals surface area contributed by atoms with Crippen molar-refractivity contribution in [3.63, 3.8) is 0 Å². The van der Waals surface area contributed by atoms with Crippen molar-refractivity contribution >= 4 is 16.5 Å². The lowest BCUT2D eigenvalue weighted by molar-refractivity contribution is -0.0190. The Balaban J connectivity index is 1.45. The van der Waals surface area contributed by atoms with Crippen LogP contribution in [0.2, 0.25) is 0 Å². The lowest BCUT2D eigenvalue weighted by atomic mass is 9.93. The minimum Gasteiger partial charge on any atom is -0.464 e. The van der Waals surface area contributed by atoms with Crippen molar-refractivity contribution < 1.29 is 4.74 Å².